The van der Waals surface area contributed by atoms with E-state index in [1.807, 2.05) is 20.0 Å². The third-order valence-corrected chi connectivity index (χ3v) is 5.04. The summed E-state index contributed by atoms with van der Waals surface area (Å²) in [6.45, 7) is 19.9. The Kier molecular flexibility index (Phi) is 12.0. The van der Waals surface area contributed by atoms with E-state index in [2.05, 4.69) is 57.8 Å². The van der Waals surface area contributed by atoms with E-state index in [-0.39, 0.29) is 0 Å². The van der Waals surface area contributed by atoms with Crippen LogP contribution >= 0.6 is 0 Å². The van der Waals surface area contributed by atoms with E-state index in [1.165, 1.54) is 30.8 Å². The lowest BCUT2D eigenvalue weighted by atomic mass is 10.2. The average Bonchev–Trinajstić information content (AvgIpc) is 3.17. The number of aryl methyl sites for hydroxylation is 2. The zero-order valence-corrected chi connectivity index (χ0v) is 18.5. The number of aromatic nitrogens is 2. The summed E-state index contributed by atoms with van der Waals surface area (Å²) in [4.78, 5) is 11.2. The third-order valence-electron chi connectivity index (χ3n) is 5.04. The summed E-state index contributed by atoms with van der Waals surface area (Å²) in [5.74, 6) is 2.30. The zero-order valence-electron chi connectivity index (χ0n) is 18.5. The second kappa shape index (κ2) is 13.7. The summed E-state index contributed by atoms with van der Waals surface area (Å²) in [7, 11) is 0. The molecule has 0 radical (unpaired) electrons. The first-order valence-electron chi connectivity index (χ1n) is 10.8. The Balaban J connectivity index is 0.00000176. The zero-order chi connectivity index (χ0) is 20.1. The Morgan fingerprint density at radius 2 is 1.59 bits per heavy atom. The highest BCUT2D eigenvalue weighted by molar-refractivity contribution is 5.81. The van der Waals surface area contributed by atoms with E-state index in [0.29, 0.717) is 6.04 Å². The van der Waals surface area contributed by atoms with Gasteiger partial charge in [-0.05, 0) is 53.6 Å². The van der Waals surface area contributed by atoms with Crippen LogP contribution in [0, 0.1) is 13.8 Å². The van der Waals surface area contributed by atoms with Crippen LogP contribution in [0.15, 0.2) is 11.2 Å². The quantitative estimate of drug-likeness (QED) is 0.549. The molecule has 2 heterocycles. The van der Waals surface area contributed by atoms with Crippen molar-refractivity contribution in [1.29, 1.82) is 0 Å². The number of hydrogen-bond acceptors (Lipinski definition) is 5. The van der Waals surface area contributed by atoms with Crippen LogP contribution in [-0.4, -0.2) is 65.6 Å². The first-order valence-corrected chi connectivity index (χ1v) is 10.8. The molecule has 2 N–H and O–H groups in total. The molecule has 0 saturated heterocycles. The molecule has 2 rings (SSSR count). The van der Waals surface area contributed by atoms with E-state index in [4.69, 9.17) is 0 Å². The van der Waals surface area contributed by atoms with Gasteiger partial charge in [-0.25, -0.2) is 4.98 Å². The average molecular weight is 379 g/mol. The lowest BCUT2D eigenvalue weighted by molar-refractivity contribution is 0.357. The molecule has 6 heteroatoms. The molecule has 0 aliphatic carbocycles. The first kappa shape index (κ1) is 23.6. The summed E-state index contributed by atoms with van der Waals surface area (Å²) < 4.78 is 2.27. The molecule has 0 saturated carbocycles. The van der Waals surface area contributed by atoms with Gasteiger partial charge in [-0.15, -0.1) is 0 Å². The highest BCUT2D eigenvalue weighted by atomic mass is 15.3. The molecule has 1 unspecified atom stereocenters. The summed E-state index contributed by atoms with van der Waals surface area (Å²) in [5, 5.41) is 7.10. The van der Waals surface area contributed by atoms with Gasteiger partial charge in [0.2, 0.25) is 0 Å². The maximum Gasteiger partial charge on any atom is 0.105 e. The maximum absolute atomic E-state index is 4.49. The van der Waals surface area contributed by atoms with Crippen molar-refractivity contribution < 1.29 is 0 Å². The molecule has 0 bridgehead atoms. The number of aliphatic imine (C=N–C) groups is 1. The van der Waals surface area contributed by atoms with Gasteiger partial charge in [-0.1, -0.05) is 20.3 Å². The smallest absolute Gasteiger partial charge is 0.105 e. The third kappa shape index (κ3) is 8.43. The summed E-state index contributed by atoms with van der Waals surface area (Å²) in [5.41, 5.74) is 1.25. The van der Waals surface area contributed by atoms with Crippen molar-refractivity contribution >= 4 is 5.84 Å². The normalized spacial score (nSPS) is 16.3. The topological polar surface area (TPSA) is 57.5 Å². The molecule has 1 aliphatic heterocycles. The Morgan fingerprint density at radius 3 is 2.11 bits per heavy atom. The Morgan fingerprint density at radius 1 is 0.963 bits per heavy atom. The molecular weight excluding hydrogens is 336 g/mol. The van der Waals surface area contributed by atoms with Gasteiger partial charge in [-0.2, -0.15) is 0 Å². The minimum absolute atomic E-state index is 0.572. The summed E-state index contributed by atoms with van der Waals surface area (Å²) in [6.07, 6.45) is 5.73. The van der Waals surface area contributed by atoms with Crippen molar-refractivity contribution in [2.45, 2.75) is 73.4 Å². The van der Waals surface area contributed by atoms with Crippen LogP contribution in [0.5, 0.6) is 0 Å². The Bertz CT molecular complexity index is 517. The molecule has 0 aromatic carbocycles. The SMILES string of the molecule is CC.CC1=NCC(C)N1CCNCCCCCNCCn1c(C)cnc1C. The number of rotatable bonds is 12. The van der Waals surface area contributed by atoms with E-state index in [0.717, 1.165) is 51.6 Å². The van der Waals surface area contributed by atoms with E-state index >= 15 is 0 Å². The molecule has 0 amide bonds. The van der Waals surface area contributed by atoms with Crippen LogP contribution < -0.4 is 10.6 Å². The van der Waals surface area contributed by atoms with E-state index in [1.54, 1.807) is 0 Å². The fraction of sp³-hybridized carbons (Fsp3) is 0.810. The van der Waals surface area contributed by atoms with E-state index < -0.39 is 0 Å². The van der Waals surface area contributed by atoms with Crippen molar-refractivity contribution in [3.8, 4) is 0 Å². The van der Waals surface area contributed by atoms with Crippen LogP contribution in [0.1, 0.15) is 58.5 Å². The number of amidine groups is 1. The maximum atomic E-state index is 4.49. The minimum atomic E-state index is 0.572. The second-order valence-electron chi connectivity index (χ2n) is 7.09. The number of nitrogens with zero attached hydrogens (tertiary/aromatic N) is 4. The fourth-order valence-corrected chi connectivity index (χ4v) is 3.39. The van der Waals surface area contributed by atoms with Gasteiger partial charge in [-0.3, -0.25) is 4.99 Å². The van der Waals surface area contributed by atoms with Gasteiger partial charge in [0, 0.05) is 44.1 Å². The van der Waals surface area contributed by atoms with Gasteiger partial charge in [0.15, 0.2) is 0 Å². The van der Waals surface area contributed by atoms with Gasteiger partial charge in [0.05, 0.1) is 12.4 Å². The molecule has 156 valence electrons. The monoisotopic (exact) mass is 378 g/mol. The van der Waals surface area contributed by atoms with Crippen molar-refractivity contribution in [1.82, 2.24) is 25.1 Å². The van der Waals surface area contributed by atoms with Gasteiger partial charge >= 0.3 is 0 Å². The van der Waals surface area contributed by atoms with Crippen LogP contribution in [0.2, 0.25) is 0 Å². The lowest BCUT2D eigenvalue weighted by Crippen LogP contribution is -2.38. The molecule has 27 heavy (non-hydrogen) atoms. The second-order valence-corrected chi connectivity index (χ2v) is 7.09. The molecule has 1 aromatic rings. The van der Waals surface area contributed by atoms with E-state index in [9.17, 15) is 0 Å². The van der Waals surface area contributed by atoms with Crippen LogP contribution in [0.3, 0.4) is 0 Å². The number of unbranched alkanes of at least 4 members (excludes halogenated alkanes) is 2. The summed E-state index contributed by atoms with van der Waals surface area (Å²) in [6, 6.07) is 0.572. The molecule has 1 aliphatic rings. The number of imidazole rings is 1. The van der Waals surface area contributed by atoms with Crippen LogP contribution in [0.4, 0.5) is 0 Å². The molecule has 0 fully saturated rings. The largest absolute Gasteiger partial charge is 0.355 e. The Labute approximate surface area is 166 Å². The minimum Gasteiger partial charge on any atom is -0.355 e. The number of nitrogens with one attached hydrogen (secondary N) is 2. The van der Waals surface area contributed by atoms with Crippen molar-refractivity contribution in [3.05, 3.63) is 17.7 Å². The predicted molar refractivity (Wildman–Crippen MR) is 117 cm³/mol. The highest BCUT2D eigenvalue weighted by Gasteiger charge is 2.19. The van der Waals surface area contributed by atoms with Gasteiger partial charge < -0.3 is 20.1 Å². The molecule has 0 spiro atoms. The summed E-state index contributed by atoms with van der Waals surface area (Å²) >= 11 is 0. The van der Waals surface area contributed by atoms with Gasteiger partial charge in [0.1, 0.15) is 5.82 Å². The lowest BCUT2D eigenvalue weighted by Gasteiger charge is -2.24. The van der Waals surface area contributed by atoms with Gasteiger partial charge in [0.25, 0.3) is 0 Å². The standard InChI is InChI=1S/C19H36N6.C2H6/c1-16-14-22-18(3)24(16)12-10-20-8-6-5-7-9-21-11-13-25-17(2)15-23-19(25)4;1-2/h14,17,20-21H,5-13,15H2,1-4H3;1-2H3. The Hall–Kier alpha value is -1.40. The van der Waals surface area contributed by atoms with Crippen LogP contribution in [-0.2, 0) is 6.54 Å². The van der Waals surface area contributed by atoms with Crippen molar-refractivity contribution in [2.24, 2.45) is 4.99 Å². The molecule has 6 nitrogen and oxygen atoms in total. The molecule has 1 aromatic heterocycles. The molecular formula is C21H42N6. The van der Waals surface area contributed by atoms with Crippen LogP contribution in [0.25, 0.3) is 0 Å². The molecule has 1 atom stereocenters. The predicted octanol–water partition coefficient (Wildman–Crippen LogP) is 3.00. The highest BCUT2D eigenvalue weighted by Crippen LogP contribution is 2.08. The fourth-order valence-electron chi connectivity index (χ4n) is 3.39. The van der Waals surface area contributed by atoms with Crippen molar-refractivity contribution in [2.75, 3.05) is 39.3 Å². The first-order chi connectivity index (χ1) is 13.1. The number of hydrogen-bond donors (Lipinski definition) is 2. The van der Waals surface area contributed by atoms with Crippen molar-refractivity contribution in [3.63, 3.8) is 0 Å².